The number of rotatable bonds is 2. The molecule has 92 valence electrons. The van der Waals surface area contributed by atoms with Gasteiger partial charge in [-0.2, -0.15) is 0 Å². The number of nitrogen functional groups attached to an aromatic ring is 2. The molecule has 4 heteroatoms. The monoisotopic (exact) mass is 241 g/mol. The molecule has 0 aliphatic carbocycles. The van der Waals surface area contributed by atoms with Gasteiger partial charge in [-0.05, 0) is 36.8 Å². The third kappa shape index (κ3) is 2.43. The van der Waals surface area contributed by atoms with E-state index in [2.05, 4.69) is 5.32 Å². The second-order valence-corrected chi connectivity index (χ2v) is 4.12. The first-order valence-corrected chi connectivity index (χ1v) is 5.60. The fourth-order valence-electron chi connectivity index (χ4n) is 1.69. The molecule has 0 spiro atoms. The highest BCUT2D eigenvalue weighted by Crippen LogP contribution is 2.19. The lowest BCUT2D eigenvalue weighted by atomic mass is 10.1. The van der Waals surface area contributed by atoms with Crippen LogP contribution in [0.4, 0.5) is 17.1 Å². The van der Waals surface area contributed by atoms with E-state index in [1.165, 1.54) is 0 Å². The lowest BCUT2D eigenvalue weighted by Gasteiger charge is -2.10. The summed E-state index contributed by atoms with van der Waals surface area (Å²) in [6.45, 7) is 1.93. The quantitative estimate of drug-likeness (QED) is 0.706. The molecule has 0 fully saturated rings. The van der Waals surface area contributed by atoms with Crippen molar-refractivity contribution in [2.24, 2.45) is 0 Å². The highest BCUT2D eigenvalue weighted by atomic mass is 16.1. The largest absolute Gasteiger partial charge is 0.399 e. The number of benzene rings is 2. The van der Waals surface area contributed by atoms with E-state index in [0.717, 1.165) is 11.3 Å². The van der Waals surface area contributed by atoms with Crippen LogP contribution in [0, 0.1) is 6.92 Å². The SMILES string of the molecule is Cc1ccccc1NC(=O)c1ccc(N)cc1N. The van der Waals surface area contributed by atoms with Crippen LogP contribution < -0.4 is 16.8 Å². The van der Waals surface area contributed by atoms with Crippen molar-refractivity contribution in [3.05, 3.63) is 53.6 Å². The average Bonchev–Trinajstić information content (AvgIpc) is 2.32. The Morgan fingerprint density at radius 3 is 2.50 bits per heavy atom. The zero-order chi connectivity index (χ0) is 13.1. The molecule has 0 aliphatic rings. The minimum atomic E-state index is -0.234. The molecule has 4 nitrogen and oxygen atoms in total. The van der Waals surface area contributed by atoms with E-state index in [-0.39, 0.29) is 5.91 Å². The topological polar surface area (TPSA) is 81.1 Å². The fraction of sp³-hybridized carbons (Fsp3) is 0.0714. The normalized spacial score (nSPS) is 10.1. The number of nitrogens with one attached hydrogen (secondary N) is 1. The molecule has 1 amide bonds. The van der Waals surface area contributed by atoms with E-state index in [9.17, 15) is 4.79 Å². The predicted molar refractivity (Wildman–Crippen MR) is 74.4 cm³/mol. The van der Waals surface area contributed by atoms with Crippen molar-refractivity contribution in [3.63, 3.8) is 0 Å². The maximum absolute atomic E-state index is 12.1. The van der Waals surface area contributed by atoms with Crippen LogP contribution in [0.1, 0.15) is 15.9 Å². The van der Waals surface area contributed by atoms with Crippen molar-refractivity contribution >= 4 is 23.0 Å². The van der Waals surface area contributed by atoms with Crippen LogP contribution in [0.5, 0.6) is 0 Å². The van der Waals surface area contributed by atoms with Gasteiger partial charge < -0.3 is 16.8 Å². The Morgan fingerprint density at radius 2 is 1.83 bits per heavy atom. The van der Waals surface area contributed by atoms with E-state index >= 15 is 0 Å². The summed E-state index contributed by atoms with van der Waals surface area (Å²) >= 11 is 0. The van der Waals surface area contributed by atoms with Crippen molar-refractivity contribution in [1.82, 2.24) is 0 Å². The van der Waals surface area contributed by atoms with Gasteiger partial charge in [0, 0.05) is 17.1 Å². The summed E-state index contributed by atoms with van der Waals surface area (Å²) in [5.41, 5.74) is 14.5. The van der Waals surface area contributed by atoms with Gasteiger partial charge in [0.15, 0.2) is 0 Å². The van der Waals surface area contributed by atoms with Crippen LogP contribution in [0.3, 0.4) is 0 Å². The molecule has 0 saturated heterocycles. The lowest BCUT2D eigenvalue weighted by Crippen LogP contribution is -2.14. The van der Waals surface area contributed by atoms with Crippen molar-refractivity contribution in [1.29, 1.82) is 0 Å². The number of anilines is 3. The van der Waals surface area contributed by atoms with Gasteiger partial charge in [0.2, 0.25) is 0 Å². The number of nitrogens with two attached hydrogens (primary N) is 2. The number of aryl methyl sites for hydroxylation is 1. The zero-order valence-electron chi connectivity index (χ0n) is 10.1. The van der Waals surface area contributed by atoms with E-state index < -0.39 is 0 Å². The Morgan fingerprint density at radius 1 is 1.11 bits per heavy atom. The minimum Gasteiger partial charge on any atom is -0.399 e. The summed E-state index contributed by atoms with van der Waals surface area (Å²) in [5, 5.41) is 2.83. The molecular formula is C14H15N3O. The number of carbonyl (C=O) groups is 1. The summed E-state index contributed by atoms with van der Waals surface area (Å²) in [5.74, 6) is -0.234. The molecular weight excluding hydrogens is 226 g/mol. The summed E-state index contributed by atoms with van der Waals surface area (Å²) < 4.78 is 0. The van der Waals surface area contributed by atoms with Crippen LogP contribution in [-0.4, -0.2) is 5.91 Å². The van der Waals surface area contributed by atoms with E-state index in [0.29, 0.717) is 16.9 Å². The molecule has 0 saturated carbocycles. The van der Waals surface area contributed by atoms with Gasteiger partial charge in [-0.1, -0.05) is 18.2 Å². The van der Waals surface area contributed by atoms with Gasteiger partial charge in [-0.25, -0.2) is 0 Å². The van der Waals surface area contributed by atoms with Crippen LogP contribution >= 0.6 is 0 Å². The zero-order valence-corrected chi connectivity index (χ0v) is 10.1. The van der Waals surface area contributed by atoms with Crippen molar-refractivity contribution in [2.75, 3.05) is 16.8 Å². The summed E-state index contributed by atoms with van der Waals surface area (Å²) in [4.78, 5) is 12.1. The van der Waals surface area contributed by atoms with Crippen molar-refractivity contribution in [3.8, 4) is 0 Å². The molecule has 0 aliphatic heterocycles. The third-order valence-electron chi connectivity index (χ3n) is 2.71. The molecule has 0 bridgehead atoms. The Hall–Kier alpha value is -2.49. The second-order valence-electron chi connectivity index (χ2n) is 4.12. The van der Waals surface area contributed by atoms with Gasteiger partial charge >= 0.3 is 0 Å². The minimum absolute atomic E-state index is 0.234. The highest BCUT2D eigenvalue weighted by Gasteiger charge is 2.10. The molecule has 0 atom stereocenters. The summed E-state index contributed by atoms with van der Waals surface area (Å²) in [7, 11) is 0. The van der Waals surface area contributed by atoms with E-state index in [1.807, 2.05) is 31.2 Å². The van der Waals surface area contributed by atoms with Crippen LogP contribution in [0.15, 0.2) is 42.5 Å². The molecule has 2 rings (SSSR count). The van der Waals surface area contributed by atoms with E-state index in [4.69, 9.17) is 11.5 Å². The second kappa shape index (κ2) is 4.79. The number of para-hydroxylation sites is 1. The molecule has 5 N–H and O–H groups in total. The standard InChI is InChI=1S/C14H15N3O/c1-9-4-2-3-5-13(9)17-14(18)11-7-6-10(15)8-12(11)16/h2-8H,15-16H2,1H3,(H,17,18). The average molecular weight is 241 g/mol. The smallest absolute Gasteiger partial charge is 0.257 e. The van der Waals surface area contributed by atoms with Crippen molar-refractivity contribution in [2.45, 2.75) is 6.92 Å². The Kier molecular flexibility index (Phi) is 3.19. The Labute approximate surface area is 106 Å². The highest BCUT2D eigenvalue weighted by molar-refractivity contribution is 6.08. The summed E-state index contributed by atoms with van der Waals surface area (Å²) in [6, 6.07) is 12.4. The predicted octanol–water partition coefficient (Wildman–Crippen LogP) is 2.41. The fourth-order valence-corrected chi connectivity index (χ4v) is 1.69. The van der Waals surface area contributed by atoms with Crippen molar-refractivity contribution < 1.29 is 4.79 Å². The molecule has 2 aromatic rings. The van der Waals surface area contributed by atoms with Gasteiger partial charge in [0.1, 0.15) is 0 Å². The molecule has 0 aromatic heterocycles. The van der Waals surface area contributed by atoms with Crippen LogP contribution in [0.2, 0.25) is 0 Å². The van der Waals surface area contributed by atoms with Gasteiger partial charge in [0.05, 0.1) is 5.56 Å². The molecule has 0 radical (unpaired) electrons. The third-order valence-corrected chi connectivity index (χ3v) is 2.71. The number of hydrogen-bond acceptors (Lipinski definition) is 3. The first-order chi connectivity index (χ1) is 8.58. The first-order valence-electron chi connectivity index (χ1n) is 5.60. The van der Waals surface area contributed by atoms with Crippen LogP contribution in [0.25, 0.3) is 0 Å². The van der Waals surface area contributed by atoms with E-state index in [1.54, 1.807) is 18.2 Å². The van der Waals surface area contributed by atoms with Crippen LogP contribution in [-0.2, 0) is 0 Å². The molecule has 2 aromatic carbocycles. The number of amides is 1. The summed E-state index contributed by atoms with van der Waals surface area (Å²) in [6.07, 6.45) is 0. The van der Waals surface area contributed by atoms with Gasteiger partial charge in [-0.3, -0.25) is 4.79 Å². The van der Waals surface area contributed by atoms with Gasteiger partial charge in [-0.15, -0.1) is 0 Å². The molecule has 0 unspecified atom stereocenters. The number of hydrogen-bond donors (Lipinski definition) is 3. The molecule has 0 heterocycles. The lowest BCUT2D eigenvalue weighted by molar-refractivity contribution is 0.102. The van der Waals surface area contributed by atoms with Gasteiger partial charge in [0.25, 0.3) is 5.91 Å². The number of carbonyl (C=O) groups excluding carboxylic acids is 1. The maximum Gasteiger partial charge on any atom is 0.257 e. The first kappa shape index (κ1) is 12.0. The maximum atomic E-state index is 12.1. The Bertz CT molecular complexity index is 593. The molecule has 18 heavy (non-hydrogen) atoms. The Balaban J connectivity index is 2.25.